The van der Waals surface area contributed by atoms with Gasteiger partial charge in [-0.15, -0.1) is 0 Å². The van der Waals surface area contributed by atoms with Crippen LogP contribution in [0.25, 0.3) is 0 Å². The number of rotatable bonds is 5. The van der Waals surface area contributed by atoms with Crippen LogP contribution in [0, 0.1) is 17.5 Å². The Morgan fingerprint density at radius 2 is 1.79 bits per heavy atom. The molecule has 1 amide bonds. The van der Waals surface area contributed by atoms with Gasteiger partial charge in [0.1, 0.15) is 11.5 Å². The Morgan fingerprint density at radius 3 is 2.25 bits per heavy atom. The summed E-state index contributed by atoms with van der Waals surface area (Å²) >= 11 is 4.91. The van der Waals surface area contributed by atoms with E-state index in [1.807, 2.05) is 0 Å². The van der Waals surface area contributed by atoms with Gasteiger partial charge in [0, 0.05) is 30.8 Å². The van der Waals surface area contributed by atoms with E-state index < -0.39 is 34.8 Å². The molecule has 0 aliphatic carbocycles. The van der Waals surface area contributed by atoms with E-state index in [4.69, 9.17) is 17.3 Å². The van der Waals surface area contributed by atoms with Crippen molar-refractivity contribution < 1.29 is 23.1 Å². The monoisotopic (exact) mass is 363 g/mol. The van der Waals surface area contributed by atoms with E-state index >= 15 is 0 Å². The Balaban J connectivity index is 2.49. The third-order valence-electron chi connectivity index (χ3n) is 3.13. The van der Waals surface area contributed by atoms with E-state index in [-0.39, 0.29) is 11.7 Å². The molecular weight excluding hydrogens is 343 g/mol. The van der Waals surface area contributed by atoms with Crippen molar-refractivity contribution >= 4 is 29.1 Å². The lowest BCUT2D eigenvalue weighted by atomic mass is 10.1. The summed E-state index contributed by atoms with van der Waals surface area (Å²) in [5.74, 6) is -3.21. The fourth-order valence-electron chi connectivity index (χ4n) is 1.98. The Labute approximate surface area is 143 Å². The van der Waals surface area contributed by atoms with Crippen molar-refractivity contribution in [1.29, 1.82) is 0 Å². The van der Waals surface area contributed by atoms with Crippen LogP contribution in [0.2, 0.25) is 0 Å². The summed E-state index contributed by atoms with van der Waals surface area (Å²) in [6.45, 7) is 5.91. The van der Waals surface area contributed by atoms with Crippen molar-refractivity contribution in [3.63, 3.8) is 0 Å². The third-order valence-corrected chi connectivity index (χ3v) is 3.38. The molecule has 0 aromatic heterocycles. The Kier molecular flexibility index (Phi) is 6.82. The number of anilines is 1. The molecule has 1 aromatic carbocycles. The molecule has 0 aliphatic rings. The van der Waals surface area contributed by atoms with Gasteiger partial charge in [0.15, 0.2) is 16.7 Å². The topological polar surface area (TPSA) is 64.6 Å². The second kappa shape index (κ2) is 8.18. The van der Waals surface area contributed by atoms with Gasteiger partial charge in [0.25, 0.3) is 0 Å². The molecule has 0 saturated heterocycles. The highest BCUT2D eigenvalue weighted by molar-refractivity contribution is 7.80. The Morgan fingerprint density at radius 1 is 1.25 bits per heavy atom. The van der Waals surface area contributed by atoms with Gasteiger partial charge in [-0.05, 0) is 39.4 Å². The van der Waals surface area contributed by atoms with Crippen LogP contribution < -0.4 is 10.6 Å². The SMILES string of the molecule is CC(C)(C)N(CCCNC(=S)Nc1c(F)cc(F)cc1F)C(=O)O. The summed E-state index contributed by atoms with van der Waals surface area (Å²) in [5, 5.41) is 14.1. The Hall–Kier alpha value is -2.03. The molecule has 0 atom stereocenters. The molecule has 0 unspecified atom stereocenters. The first-order valence-corrected chi connectivity index (χ1v) is 7.63. The van der Waals surface area contributed by atoms with E-state index in [1.165, 1.54) is 4.90 Å². The highest BCUT2D eigenvalue weighted by Crippen LogP contribution is 2.20. The van der Waals surface area contributed by atoms with Gasteiger partial charge in [-0.25, -0.2) is 18.0 Å². The second-order valence-electron chi connectivity index (χ2n) is 6.08. The van der Waals surface area contributed by atoms with E-state index in [0.717, 1.165) is 0 Å². The lowest BCUT2D eigenvalue weighted by Crippen LogP contribution is -2.46. The largest absolute Gasteiger partial charge is 0.465 e. The van der Waals surface area contributed by atoms with Crippen molar-refractivity contribution in [2.45, 2.75) is 32.7 Å². The molecule has 1 aromatic rings. The number of benzene rings is 1. The van der Waals surface area contributed by atoms with Gasteiger partial charge in [0.2, 0.25) is 0 Å². The molecule has 0 saturated carbocycles. The molecule has 9 heteroatoms. The fourth-order valence-corrected chi connectivity index (χ4v) is 2.18. The van der Waals surface area contributed by atoms with Crippen LogP contribution in [-0.4, -0.2) is 39.8 Å². The first-order chi connectivity index (χ1) is 11.0. The van der Waals surface area contributed by atoms with Gasteiger partial charge in [0.05, 0.1) is 0 Å². The molecule has 0 bridgehead atoms. The molecule has 0 aliphatic heterocycles. The van der Waals surface area contributed by atoms with Crippen molar-refractivity contribution in [1.82, 2.24) is 10.2 Å². The fraction of sp³-hybridized carbons (Fsp3) is 0.467. The van der Waals surface area contributed by atoms with E-state index in [2.05, 4.69) is 10.6 Å². The molecular formula is C15H20F3N3O2S. The van der Waals surface area contributed by atoms with Crippen LogP contribution in [0.4, 0.5) is 23.7 Å². The molecule has 5 nitrogen and oxygen atoms in total. The molecule has 1 rings (SSSR count). The summed E-state index contributed by atoms with van der Waals surface area (Å²) in [7, 11) is 0. The predicted molar refractivity (Wildman–Crippen MR) is 89.6 cm³/mol. The average molecular weight is 363 g/mol. The number of hydrogen-bond donors (Lipinski definition) is 3. The van der Waals surface area contributed by atoms with Gasteiger partial charge in [-0.1, -0.05) is 0 Å². The average Bonchev–Trinajstić information content (AvgIpc) is 2.40. The van der Waals surface area contributed by atoms with Crippen molar-refractivity contribution in [2.24, 2.45) is 0 Å². The summed E-state index contributed by atoms with van der Waals surface area (Å²) in [6.07, 6.45) is -0.585. The molecule has 134 valence electrons. The summed E-state index contributed by atoms with van der Waals surface area (Å²) in [6, 6.07) is 1.09. The predicted octanol–water partition coefficient (Wildman–Crippen LogP) is 3.56. The molecule has 0 fully saturated rings. The van der Waals surface area contributed by atoms with Gasteiger partial charge in [-0.2, -0.15) is 0 Å². The van der Waals surface area contributed by atoms with Crippen molar-refractivity contribution in [2.75, 3.05) is 18.4 Å². The number of amides is 1. The standard InChI is InChI=1S/C15H20F3N3O2S/c1-15(2,3)21(14(22)23)6-4-5-19-13(24)20-12-10(17)7-9(16)8-11(12)18/h7-8H,4-6H2,1-3H3,(H,22,23)(H2,19,20,24). The number of nitrogens with one attached hydrogen (secondary N) is 2. The number of carbonyl (C=O) groups is 1. The van der Waals surface area contributed by atoms with Crippen LogP contribution in [0.3, 0.4) is 0 Å². The highest BCUT2D eigenvalue weighted by atomic mass is 32.1. The zero-order valence-corrected chi connectivity index (χ0v) is 14.4. The minimum absolute atomic E-state index is 0.0444. The first kappa shape index (κ1) is 20.0. The van der Waals surface area contributed by atoms with E-state index in [1.54, 1.807) is 20.8 Å². The normalized spacial score (nSPS) is 11.1. The van der Waals surface area contributed by atoms with Gasteiger partial charge >= 0.3 is 6.09 Å². The van der Waals surface area contributed by atoms with Crippen LogP contribution in [0.1, 0.15) is 27.2 Å². The summed E-state index contributed by atoms with van der Waals surface area (Å²) < 4.78 is 39.8. The minimum Gasteiger partial charge on any atom is -0.465 e. The summed E-state index contributed by atoms with van der Waals surface area (Å²) in [5.41, 5.74) is -1.08. The molecule has 3 N–H and O–H groups in total. The van der Waals surface area contributed by atoms with Crippen molar-refractivity contribution in [3.8, 4) is 0 Å². The first-order valence-electron chi connectivity index (χ1n) is 7.22. The van der Waals surface area contributed by atoms with E-state index in [0.29, 0.717) is 25.1 Å². The zero-order valence-electron chi connectivity index (χ0n) is 13.6. The smallest absolute Gasteiger partial charge is 0.407 e. The second-order valence-corrected chi connectivity index (χ2v) is 6.49. The van der Waals surface area contributed by atoms with Crippen LogP contribution in [0.15, 0.2) is 12.1 Å². The number of hydrogen-bond acceptors (Lipinski definition) is 2. The zero-order chi connectivity index (χ0) is 18.5. The number of halogens is 3. The molecule has 0 radical (unpaired) electrons. The Bertz CT molecular complexity index is 597. The maximum atomic E-state index is 13.5. The lowest BCUT2D eigenvalue weighted by Gasteiger charge is -2.33. The molecule has 24 heavy (non-hydrogen) atoms. The van der Waals surface area contributed by atoms with Crippen LogP contribution in [-0.2, 0) is 0 Å². The van der Waals surface area contributed by atoms with Crippen LogP contribution in [0.5, 0.6) is 0 Å². The van der Waals surface area contributed by atoms with Gasteiger partial charge in [-0.3, -0.25) is 0 Å². The quantitative estimate of drug-likeness (QED) is 0.551. The maximum absolute atomic E-state index is 13.5. The highest BCUT2D eigenvalue weighted by Gasteiger charge is 2.25. The molecule has 0 heterocycles. The van der Waals surface area contributed by atoms with Gasteiger partial charge < -0.3 is 20.6 Å². The van der Waals surface area contributed by atoms with Crippen LogP contribution >= 0.6 is 12.2 Å². The van der Waals surface area contributed by atoms with Crippen molar-refractivity contribution in [3.05, 3.63) is 29.6 Å². The number of carboxylic acid groups (broad SMARTS) is 1. The third kappa shape index (κ3) is 5.88. The minimum atomic E-state index is -1.10. The lowest BCUT2D eigenvalue weighted by molar-refractivity contribution is 0.0998. The number of nitrogens with zero attached hydrogens (tertiary/aromatic N) is 1. The maximum Gasteiger partial charge on any atom is 0.407 e. The summed E-state index contributed by atoms with van der Waals surface area (Å²) in [4.78, 5) is 12.5. The molecule has 0 spiro atoms. The van der Waals surface area contributed by atoms with E-state index in [9.17, 15) is 18.0 Å². The number of thiocarbonyl (C=S) groups is 1.